The lowest BCUT2D eigenvalue weighted by atomic mass is 9.49. The van der Waals surface area contributed by atoms with Gasteiger partial charge in [0.15, 0.2) is 0 Å². The molecule has 6 rings (SSSR count). The SMILES string of the molecule is O=C1OC(=O)C23Cc4ccccc4CC12Cc1cc2c(cc1C3)CC2. The first-order valence-electron chi connectivity index (χ1n) is 9.08. The van der Waals surface area contributed by atoms with Gasteiger partial charge in [0.05, 0.1) is 10.8 Å². The Hall–Kier alpha value is -2.42. The topological polar surface area (TPSA) is 43.4 Å². The number of carbonyl (C=O) groups is 2. The van der Waals surface area contributed by atoms with E-state index in [0.717, 1.165) is 12.8 Å². The number of cyclic esters (lactones) is 2. The van der Waals surface area contributed by atoms with Crippen molar-refractivity contribution >= 4 is 11.9 Å². The van der Waals surface area contributed by atoms with Gasteiger partial charge in [0, 0.05) is 0 Å². The predicted octanol–water partition coefficient (Wildman–Crippen LogP) is 2.74. The van der Waals surface area contributed by atoms with Gasteiger partial charge in [-0.05, 0) is 71.9 Å². The molecule has 1 aliphatic heterocycles. The van der Waals surface area contributed by atoms with Crippen molar-refractivity contribution in [1.82, 2.24) is 0 Å². The molecule has 0 aromatic heterocycles. The van der Waals surface area contributed by atoms with E-state index in [9.17, 15) is 9.59 Å². The molecular weight excluding hydrogens is 312 g/mol. The van der Waals surface area contributed by atoms with Crippen LogP contribution in [0.2, 0.25) is 0 Å². The molecule has 124 valence electrons. The fraction of sp³-hybridized carbons (Fsp3) is 0.364. The Balaban J connectivity index is 1.60. The number of rotatable bonds is 0. The van der Waals surface area contributed by atoms with Crippen LogP contribution >= 0.6 is 0 Å². The molecule has 2 aromatic carbocycles. The Labute approximate surface area is 146 Å². The summed E-state index contributed by atoms with van der Waals surface area (Å²) >= 11 is 0. The van der Waals surface area contributed by atoms with Gasteiger partial charge in [0.25, 0.3) is 0 Å². The second kappa shape index (κ2) is 4.21. The molecule has 0 amide bonds. The van der Waals surface area contributed by atoms with E-state index in [1.165, 1.54) is 33.4 Å². The molecule has 2 aromatic rings. The first-order valence-corrected chi connectivity index (χ1v) is 9.08. The fourth-order valence-electron chi connectivity index (χ4n) is 5.64. The van der Waals surface area contributed by atoms with Gasteiger partial charge in [-0.25, -0.2) is 0 Å². The maximum absolute atomic E-state index is 12.9. The highest BCUT2D eigenvalue weighted by Gasteiger charge is 2.70. The Morgan fingerprint density at radius 1 is 0.640 bits per heavy atom. The van der Waals surface area contributed by atoms with Crippen molar-refractivity contribution in [2.45, 2.75) is 38.5 Å². The Bertz CT molecular complexity index is 911. The quantitative estimate of drug-likeness (QED) is 0.551. The number of hydrogen-bond donors (Lipinski definition) is 0. The van der Waals surface area contributed by atoms with E-state index in [-0.39, 0.29) is 11.9 Å². The zero-order chi connectivity index (χ0) is 16.8. The molecule has 3 heteroatoms. The van der Waals surface area contributed by atoms with E-state index in [1.807, 2.05) is 12.1 Å². The van der Waals surface area contributed by atoms with Crippen LogP contribution in [0.5, 0.6) is 0 Å². The monoisotopic (exact) mass is 330 g/mol. The minimum absolute atomic E-state index is 0.305. The second-order valence-electron chi connectivity index (χ2n) is 8.21. The first-order chi connectivity index (χ1) is 12.1. The standard InChI is InChI=1S/C22H18O3/c23-19-21-9-15-3-1-2-4-16(15)10-22(21,20(24)25-19)12-18-8-14-6-5-13(14)7-17(18)11-21/h1-4,7-8H,5-6,9-12H2. The number of esters is 2. The van der Waals surface area contributed by atoms with Crippen molar-refractivity contribution in [1.29, 1.82) is 0 Å². The van der Waals surface area contributed by atoms with Crippen molar-refractivity contribution in [3.8, 4) is 0 Å². The average Bonchev–Trinajstić information content (AvgIpc) is 2.80. The molecule has 2 unspecified atom stereocenters. The van der Waals surface area contributed by atoms with E-state index in [0.29, 0.717) is 25.7 Å². The molecule has 3 aliphatic carbocycles. The molecule has 0 spiro atoms. The highest BCUT2D eigenvalue weighted by molar-refractivity contribution is 6.03. The maximum Gasteiger partial charge on any atom is 0.321 e. The second-order valence-corrected chi connectivity index (χ2v) is 8.21. The van der Waals surface area contributed by atoms with Gasteiger partial charge in [-0.15, -0.1) is 0 Å². The van der Waals surface area contributed by atoms with Crippen molar-refractivity contribution in [2.75, 3.05) is 0 Å². The summed E-state index contributed by atoms with van der Waals surface area (Å²) < 4.78 is 5.30. The largest absolute Gasteiger partial charge is 0.392 e. The van der Waals surface area contributed by atoms with Gasteiger partial charge in [-0.3, -0.25) is 9.59 Å². The van der Waals surface area contributed by atoms with E-state index in [2.05, 4.69) is 24.3 Å². The molecule has 1 fully saturated rings. The lowest BCUT2D eigenvalue weighted by Crippen LogP contribution is -2.55. The Kier molecular flexibility index (Phi) is 2.33. The summed E-state index contributed by atoms with van der Waals surface area (Å²) in [4.78, 5) is 25.8. The van der Waals surface area contributed by atoms with Crippen LogP contribution in [0, 0.1) is 10.8 Å². The average molecular weight is 330 g/mol. The van der Waals surface area contributed by atoms with Crippen LogP contribution in [0.4, 0.5) is 0 Å². The Morgan fingerprint density at radius 3 is 1.52 bits per heavy atom. The van der Waals surface area contributed by atoms with Crippen LogP contribution in [0.25, 0.3) is 0 Å². The molecule has 4 aliphatic rings. The zero-order valence-corrected chi connectivity index (χ0v) is 13.9. The number of carbonyl (C=O) groups excluding carboxylic acids is 2. The van der Waals surface area contributed by atoms with Crippen molar-refractivity contribution < 1.29 is 14.3 Å². The van der Waals surface area contributed by atoms with E-state index in [4.69, 9.17) is 4.74 Å². The van der Waals surface area contributed by atoms with Crippen LogP contribution in [0.3, 0.4) is 0 Å². The molecule has 0 radical (unpaired) electrons. The number of hydrogen-bond acceptors (Lipinski definition) is 3. The van der Waals surface area contributed by atoms with Gasteiger partial charge in [0.1, 0.15) is 0 Å². The lowest BCUT2D eigenvalue weighted by Gasteiger charge is -2.48. The third-order valence-corrected chi connectivity index (χ3v) is 7.16. The third-order valence-electron chi connectivity index (χ3n) is 7.16. The minimum atomic E-state index is -0.719. The molecule has 25 heavy (non-hydrogen) atoms. The van der Waals surface area contributed by atoms with Crippen LogP contribution in [0.15, 0.2) is 36.4 Å². The molecule has 0 N–H and O–H groups in total. The smallest absolute Gasteiger partial charge is 0.321 e. The van der Waals surface area contributed by atoms with Gasteiger partial charge in [-0.1, -0.05) is 36.4 Å². The van der Waals surface area contributed by atoms with Crippen molar-refractivity contribution in [2.24, 2.45) is 10.8 Å². The predicted molar refractivity (Wildman–Crippen MR) is 91.1 cm³/mol. The lowest BCUT2D eigenvalue weighted by molar-refractivity contribution is -0.155. The van der Waals surface area contributed by atoms with Crippen LogP contribution in [0.1, 0.15) is 33.4 Å². The highest BCUT2D eigenvalue weighted by atomic mass is 16.6. The molecular formula is C22H18O3. The Morgan fingerprint density at radius 2 is 1.08 bits per heavy atom. The fourth-order valence-corrected chi connectivity index (χ4v) is 5.64. The first kappa shape index (κ1) is 13.8. The minimum Gasteiger partial charge on any atom is -0.392 e. The molecule has 2 atom stereocenters. The number of ether oxygens (including phenoxy) is 1. The van der Waals surface area contributed by atoms with Gasteiger partial charge >= 0.3 is 11.9 Å². The van der Waals surface area contributed by atoms with Crippen molar-refractivity contribution in [3.05, 3.63) is 69.8 Å². The molecule has 0 saturated carbocycles. The number of aryl methyl sites for hydroxylation is 2. The van der Waals surface area contributed by atoms with E-state index < -0.39 is 10.8 Å². The van der Waals surface area contributed by atoms with Crippen LogP contribution in [-0.4, -0.2) is 11.9 Å². The normalized spacial score (nSPS) is 31.0. The molecule has 1 saturated heterocycles. The summed E-state index contributed by atoms with van der Waals surface area (Å²) in [5, 5.41) is 0. The summed E-state index contributed by atoms with van der Waals surface area (Å²) in [6.07, 6.45) is 4.76. The molecule has 3 nitrogen and oxygen atoms in total. The number of benzene rings is 2. The van der Waals surface area contributed by atoms with Gasteiger partial charge in [0.2, 0.25) is 0 Å². The summed E-state index contributed by atoms with van der Waals surface area (Å²) in [5.41, 5.74) is 6.27. The number of fused-ring (bicyclic) bond motifs is 3. The van der Waals surface area contributed by atoms with E-state index >= 15 is 0 Å². The van der Waals surface area contributed by atoms with Crippen LogP contribution < -0.4 is 0 Å². The van der Waals surface area contributed by atoms with Crippen molar-refractivity contribution in [3.63, 3.8) is 0 Å². The summed E-state index contributed by atoms with van der Waals surface area (Å²) in [6.45, 7) is 0. The third kappa shape index (κ3) is 1.49. The molecule has 1 heterocycles. The summed E-state index contributed by atoms with van der Waals surface area (Å²) in [6, 6.07) is 12.8. The van der Waals surface area contributed by atoms with Crippen LogP contribution in [-0.2, 0) is 52.9 Å². The van der Waals surface area contributed by atoms with Gasteiger partial charge in [-0.2, -0.15) is 0 Å². The zero-order valence-electron chi connectivity index (χ0n) is 13.9. The maximum atomic E-state index is 12.9. The summed E-state index contributed by atoms with van der Waals surface area (Å²) in [7, 11) is 0. The highest BCUT2D eigenvalue weighted by Crippen LogP contribution is 2.60. The summed E-state index contributed by atoms with van der Waals surface area (Å²) in [5.74, 6) is -0.610. The van der Waals surface area contributed by atoms with E-state index in [1.54, 1.807) is 0 Å². The molecule has 0 bridgehead atoms. The van der Waals surface area contributed by atoms with Gasteiger partial charge < -0.3 is 4.74 Å².